The first-order valence-corrected chi connectivity index (χ1v) is 39.9. The van der Waals surface area contributed by atoms with E-state index in [0.29, 0.717) is 12.8 Å². The van der Waals surface area contributed by atoms with Crippen molar-refractivity contribution >= 4 is 5.91 Å². The van der Waals surface area contributed by atoms with Crippen LogP contribution in [0.15, 0.2) is 134 Å². The number of hydrogen-bond donors (Lipinski definition) is 6. The van der Waals surface area contributed by atoms with Crippen LogP contribution in [0.2, 0.25) is 0 Å². The predicted molar refractivity (Wildman–Crippen MR) is 410 cm³/mol. The molecule has 1 amide bonds. The van der Waals surface area contributed by atoms with Crippen molar-refractivity contribution in [3.63, 3.8) is 0 Å². The zero-order chi connectivity index (χ0) is 68.5. The molecule has 0 aromatic carbocycles. The zero-order valence-corrected chi connectivity index (χ0v) is 61.4. The van der Waals surface area contributed by atoms with Gasteiger partial charge in [0.15, 0.2) is 6.29 Å². The van der Waals surface area contributed by atoms with E-state index >= 15 is 0 Å². The molecule has 0 aromatic heterocycles. The Morgan fingerprint density at radius 3 is 0.968 bits per heavy atom. The van der Waals surface area contributed by atoms with Crippen molar-refractivity contribution in [1.29, 1.82) is 0 Å². The van der Waals surface area contributed by atoms with Crippen LogP contribution in [0.5, 0.6) is 0 Å². The number of aliphatic hydroxyl groups excluding tert-OH is 5. The van der Waals surface area contributed by atoms with Crippen LogP contribution in [0.1, 0.15) is 348 Å². The van der Waals surface area contributed by atoms with Crippen LogP contribution in [-0.4, -0.2) is 87.5 Å². The van der Waals surface area contributed by atoms with Crippen molar-refractivity contribution in [1.82, 2.24) is 5.32 Å². The lowest BCUT2D eigenvalue weighted by Crippen LogP contribution is -2.60. The number of rotatable bonds is 69. The van der Waals surface area contributed by atoms with E-state index in [1.54, 1.807) is 0 Å². The van der Waals surface area contributed by atoms with E-state index < -0.39 is 49.5 Å². The van der Waals surface area contributed by atoms with Gasteiger partial charge in [-0.1, -0.05) is 379 Å². The first kappa shape index (κ1) is 89.3. The van der Waals surface area contributed by atoms with E-state index in [9.17, 15) is 30.3 Å². The topological polar surface area (TPSA) is 149 Å². The van der Waals surface area contributed by atoms with Gasteiger partial charge < -0.3 is 40.3 Å². The van der Waals surface area contributed by atoms with Gasteiger partial charge in [-0.05, 0) is 96.3 Å². The first-order chi connectivity index (χ1) is 46.8. The van der Waals surface area contributed by atoms with E-state index in [4.69, 9.17) is 9.47 Å². The van der Waals surface area contributed by atoms with Crippen LogP contribution in [0, 0.1) is 0 Å². The van der Waals surface area contributed by atoms with Crippen molar-refractivity contribution in [2.75, 3.05) is 13.2 Å². The van der Waals surface area contributed by atoms with Gasteiger partial charge in [0.2, 0.25) is 5.91 Å². The Balaban J connectivity index is 2.12. The highest BCUT2D eigenvalue weighted by molar-refractivity contribution is 5.76. The SMILES string of the molecule is CC/C=C\C/C=C\C/C=C\C/C=C\C/C=C\C/C=C\C/C=C\C/C=C\C/C=C\C/C=C\C/C=C\CCCCCCCC(=O)NC(COC1OC(CO)C(O)C(O)C1O)C(O)CCCCCCCCCCCCCCCCCCCCCCCCCCCCCCCCCCC. The second kappa shape index (κ2) is 73.1. The summed E-state index contributed by atoms with van der Waals surface area (Å²) in [6.45, 7) is 3.75. The lowest BCUT2D eigenvalue weighted by atomic mass is 9.99. The fourth-order valence-corrected chi connectivity index (χ4v) is 12.1. The Hall–Kier alpha value is -3.67. The third kappa shape index (κ3) is 61.2. The Kier molecular flexibility index (Phi) is 68.7. The molecule has 1 fully saturated rings. The maximum Gasteiger partial charge on any atom is 0.220 e. The van der Waals surface area contributed by atoms with Crippen LogP contribution >= 0.6 is 0 Å². The highest BCUT2D eigenvalue weighted by Crippen LogP contribution is 2.24. The molecule has 1 rings (SSSR count). The average molecular weight is 1330 g/mol. The van der Waals surface area contributed by atoms with Gasteiger partial charge in [0.25, 0.3) is 0 Å². The molecule has 0 radical (unpaired) electrons. The molecule has 1 saturated heterocycles. The van der Waals surface area contributed by atoms with E-state index in [-0.39, 0.29) is 12.5 Å². The molecule has 1 aliphatic heterocycles. The van der Waals surface area contributed by atoms with Gasteiger partial charge in [-0.25, -0.2) is 0 Å². The first-order valence-electron chi connectivity index (χ1n) is 39.9. The van der Waals surface area contributed by atoms with Crippen LogP contribution in [0.4, 0.5) is 0 Å². The summed E-state index contributed by atoms with van der Waals surface area (Å²) in [4.78, 5) is 13.2. The molecule has 1 aliphatic rings. The van der Waals surface area contributed by atoms with Gasteiger partial charge in [-0.15, -0.1) is 0 Å². The molecule has 0 spiro atoms. The Morgan fingerprint density at radius 1 is 0.368 bits per heavy atom. The summed E-state index contributed by atoms with van der Waals surface area (Å²) in [6.07, 6.45) is 104. The summed E-state index contributed by atoms with van der Waals surface area (Å²) in [5.74, 6) is -0.164. The number of allylic oxidation sites excluding steroid dienone is 22. The molecular weight excluding hydrogens is 1170 g/mol. The molecule has 9 nitrogen and oxygen atoms in total. The van der Waals surface area contributed by atoms with E-state index in [1.807, 2.05) is 0 Å². The molecule has 0 aromatic rings. The minimum absolute atomic E-state index is 0.153. The smallest absolute Gasteiger partial charge is 0.220 e. The van der Waals surface area contributed by atoms with Crippen molar-refractivity contribution in [3.05, 3.63) is 134 Å². The molecule has 95 heavy (non-hydrogen) atoms. The molecule has 546 valence electrons. The molecular formula is C86H149NO8. The summed E-state index contributed by atoms with van der Waals surface area (Å²) in [5.41, 5.74) is 0. The number of hydrogen-bond acceptors (Lipinski definition) is 8. The minimum Gasteiger partial charge on any atom is -0.394 e. The van der Waals surface area contributed by atoms with Crippen molar-refractivity contribution < 1.29 is 39.8 Å². The highest BCUT2D eigenvalue weighted by Gasteiger charge is 2.44. The molecule has 0 saturated carbocycles. The third-order valence-corrected chi connectivity index (χ3v) is 18.3. The maximum absolute atomic E-state index is 13.2. The average Bonchev–Trinajstić information content (AvgIpc) is 0.836. The minimum atomic E-state index is -1.57. The summed E-state index contributed by atoms with van der Waals surface area (Å²) in [5, 5.41) is 55.1. The van der Waals surface area contributed by atoms with E-state index in [2.05, 4.69) is 153 Å². The van der Waals surface area contributed by atoms with E-state index in [0.717, 1.165) is 128 Å². The van der Waals surface area contributed by atoms with Gasteiger partial charge in [0.1, 0.15) is 24.4 Å². The number of carbonyl (C=O) groups excluding carboxylic acids is 1. The predicted octanol–water partition coefficient (Wildman–Crippen LogP) is 23.1. The summed E-state index contributed by atoms with van der Waals surface area (Å²) < 4.78 is 11.4. The number of amides is 1. The maximum atomic E-state index is 13.2. The second-order valence-electron chi connectivity index (χ2n) is 27.1. The third-order valence-electron chi connectivity index (χ3n) is 18.3. The highest BCUT2D eigenvalue weighted by atomic mass is 16.7. The summed E-state index contributed by atoms with van der Waals surface area (Å²) >= 11 is 0. The number of carbonyl (C=O) groups is 1. The normalized spacial score (nSPS) is 18.2. The van der Waals surface area contributed by atoms with Crippen molar-refractivity contribution in [2.24, 2.45) is 0 Å². The standard InChI is InChI=1S/C86H149NO8/c1-3-5-7-9-11-13-15-17-19-21-23-25-27-29-31-33-35-37-38-39-40-41-42-44-46-48-50-52-54-56-58-60-62-64-66-68-70-72-74-76-82(90)87-79(78-94-86-85(93)84(92)83(91)81(77-88)95-86)80(89)75-73-71-69-67-65-63-61-59-57-55-53-51-49-47-45-43-36-34-32-30-28-26-24-22-20-18-16-14-12-10-8-6-4-2/h5,7,11,13,17,19,23,25,29,31,35,37,39-40,42,44,48,50,54,56,60,62,79-81,83-86,88-89,91-93H,3-4,6,8-10,12,14-16,18,20-22,24,26-28,30,32-34,36,38,41,43,45-47,49,51-53,55,57-59,61,63-78H2,1-2H3,(H,87,90)/b7-5-,13-11-,19-17-,25-23-,31-29-,37-35-,40-39-,44-42-,50-48-,56-54-,62-60-. The van der Waals surface area contributed by atoms with Gasteiger partial charge in [0, 0.05) is 6.42 Å². The van der Waals surface area contributed by atoms with Gasteiger partial charge in [-0.2, -0.15) is 0 Å². The largest absolute Gasteiger partial charge is 0.394 e. The number of ether oxygens (including phenoxy) is 2. The molecule has 1 heterocycles. The number of nitrogens with one attached hydrogen (secondary N) is 1. The number of aliphatic hydroxyl groups is 5. The van der Waals surface area contributed by atoms with Crippen LogP contribution in [-0.2, 0) is 14.3 Å². The molecule has 9 heteroatoms. The summed E-state index contributed by atoms with van der Waals surface area (Å²) in [7, 11) is 0. The fourth-order valence-electron chi connectivity index (χ4n) is 12.1. The quantitative estimate of drug-likeness (QED) is 0.0261. The van der Waals surface area contributed by atoms with Crippen molar-refractivity contribution in [3.8, 4) is 0 Å². The molecule has 7 atom stereocenters. The fraction of sp³-hybridized carbons (Fsp3) is 0.733. The molecule has 0 aliphatic carbocycles. The molecule has 7 unspecified atom stereocenters. The van der Waals surface area contributed by atoms with Gasteiger partial charge in [0.05, 0.1) is 25.4 Å². The van der Waals surface area contributed by atoms with Crippen LogP contribution in [0.3, 0.4) is 0 Å². The number of unbranched alkanes of at least 4 members (excludes halogenated alkanes) is 37. The Bertz CT molecular complexity index is 1980. The van der Waals surface area contributed by atoms with Gasteiger partial charge in [-0.3, -0.25) is 4.79 Å². The Morgan fingerprint density at radius 2 is 0.653 bits per heavy atom. The van der Waals surface area contributed by atoms with Crippen LogP contribution in [0.25, 0.3) is 0 Å². The zero-order valence-electron chi connectivity index (χ0n) is 61.4. The Labute approximate surface area is 585 Å². The molecule has 0 bridgehead atoms. The lowest BCUT2D eigenvalue weighted by Gasteiger charge is -2.40. The van der Waals surface area contributed by atoms with Crippen molar-refractivity contribution in [2.45, 2.75) is 391 Å². The van der Waals surface area contributed by atoms with E-state index in [1.165, 1.54) is 193 Å². The van der Waals surface area contributed by atoms with Gasteiger partial charge >= 0.3 is 0 Å². The lowest BCUT2D eigenvalue weighted by molar-refractivity contribution is -0.302. The monoisotopic (exact) mass is 1320 g/mol. The second-order valence-corrected chi connectivity index (χ2v) is 27.1. The van der Waals surface area contributed by atoms with Crippen LogP contribution < -0.4 is 5.32 Å². The molecule has 6 N–H and O–H groups in total. The summed E-state index contributed by atoms with van der Waals surface area (Å²) in [6, 6.07) is -0.742.